The zero-order valence-corrected chi connectivity index (χ0v) is 18.1. The highest BCUT2D eigenvalue weighted by Gasteiger charge is 2.31. The van der Waals surface area contributed by atoms with E-state index in [-0.39, 0.29) is 64.0 Å². The number of benzene rings is 2. The van der Waals surface area contributed by atoms with Gasteiger partial charge in [0.25, 0.3) is 11.6 Å². The zero-order valence-electron chi connectivity index (χ0n) is 15.7. The number of nitro groups is 1. The number of sulfonamides is 1. The summed E-state index contributed by atoms with van der Waals surface area (Å²) in [7, 11) is -2.51. The number of amides is 1. The zero-order chi connectivity index (χ0) is 22.1. The molecule has 1 amide bonds. The van der Waals surface area contributed by atoms with E-state index in [1.807, 2.05) is 0 Å². The minimum Gasteiger partial charge on any atom is -0.494 e. The smallest absolute Gasteiger partial charge is 0.270 e. The van der Waals surface area contributed by atoms with Crippen molar-refractivity contribution in [1.29, 1.82) is 0 Å². The Kier molecular flexibility index (Phi) is 6.51. The molecule has 3 rings (SSSR count). The van der Waals surface area contributed by atoms with E-state index in [1.54, 1.807) is 0 Å². The number of non-ortho nitro benzene ring substituents is 1. The predicted molar refractivity (Wildman–Crippen MR) is 111 cm³/mol. The Morgan fingerprint density at radius 3 is 2.23 bits per heavy atom. The molecule has 0 saturated carbocycles. The number of carbonyl (C=O) groups excluding carboxylic acids is 1. The lowest BCUT2D eigenvalue weighted by Crippen LogP contribution is -2.50. The molecule has 1 saturated heterocycles. The maximum atomic E-state index is 12.8. The van der Waals surface area contributed by atoms with Crippen LogP contribution in [0.4, 0.5) is 5.69 Å². The van der Waals surface area contributed by atoms with Gasteiger partial charge in [0.15, 0.2) is 5.75 Å². The lowest BCUT2D eigenvalue weighted by Gasteiger charge is -2.34. The number of nitrogens with zero attached hydrogens (tertiary/aromatic N) is 3. The van der Waals surface area contributed by atoms with Gasteiger partial charge < -0.3 is 9.64 Å². The molecule has 0 N–H and O–H groups in total. The van der Waals surface area contributed by atoms with Crippen LogP contribution in [0.1, 0.15) is 10.4 Å². The Labute approximate surface area is 182 Å². The molecule has 160 valence electrons. The molecule has 12 heteroatoms. The van der Waals surface area contributed by atoms with Gasteiger partial charge in [-0.2, -0.15) is 4.31 Å². The molecule has 0 atom stereocenters. The van der Waals surface area contributed by atoms with Gasteiger partial charge in [0.2, 0.25) is 10.0 Å². The van der Waals surface area contributed by atoms with Crippen LogP contribution in [0.2, 0.25) is 10.0 Å². The van der Waals surface area contributed by atoms with E-state index in [4.69, 9.17) is 27.9 Å². The molecule has 0 radical (unpaired) electrons. The van der Waals surface area contributed by atoms with Crippen molar-refractivity contribution >= 4 is 44.8 Å². The summed E-state index contributed by atoms with van der Waals surface area (Å²) in [6.45, 7) is 0.394. The normalized spacial score (nSPS) is 15.1. The Balaban J connectivity index is 1.73. The van der Waals surface area contributed by atoms with Crippen LogP contribution in [0.5, 0.6) is 5.75 Å². The average Bonchev–Trinajstić information content (AvgIpc) is 2.73. The summed E-state index contributed by atoms with van der Waals surface area (Å²) in [4.78, 5) is 24.4. The molecule has 0 unspecified atom stereocenters. The number of methoxy groups -OCH3 is 1. The van der Waals surface area contributed by atoms with Crippen molar-refractivity contribution in [3.05, 3.63) is 62.1 Å². The molecule has 1 heterocycles. The first-order chi connectivity index (χ1) is 14.1. The number of halogens is 2. The highest BCUT2D eigenvalue weighted by Crippen LogP contribution is 2.34. The quantitative estimate of drug-likeness (QED) is 0.487. The molecule has 1 fully saturated rings. The summed E-state index contributed by atoms with van der Waals surface area (Å²) in [5.41, 5.74) is -0.0426. The van der Waals surface area contributed by atoms with Gasteiger partial charge in [-0.05, 0) is 18.2 Å². The van der Waals surface area contributed by atoms with Crippen molar-refractivity contribution in [1.82, 2.24) is 9.21 Å². The lowest BCUT2D eigenvalue weighted by atomic mass is 10.1. The summed E-state index contributed by atoms with van der Waals surface area (Å²) in [6, 6.07) is 7.76. The Morgan fingerprint density at radius 2 is 1.70 bits per heavy atom. The number of ether oxygens (including phenoxy) is 1. The van der Waals surface area contributed by atoms with Crippen molar-refractivity contribution < 1.29 is 22.9 Å². The van der Waals surface area contributed by atoms with E-state index < -0.39 is 14.9 Å². The standard InChI is InChI=1S/C18H17Cl2N3O6S/c1-29-17-15(19)9-12(10-16(17)20)18(24)21-5-7-22(8-6-21)30(27,28)14-4-2-3-13(11-14)23(25)26/h2-4,9-11H,5-8H2,1H3. The van der Waals surface area contributed by atoms with E-state index in [9.17, 15) is 23.3 Å². The molecular formula is C18H17Cl2N3O6S. The van der Waals surface area contributed by atoms with Crippen LogP contribution in [0.25, 0.3) is 0 Å². The van der Waals surface area contributed by atoms with Gasteiger partial charge in [-0.25, -0.2) is 8.42 Å². The molecule has 9 nitrogen and oxygen atoms in total. The largest absolute Gasteiger partial charge is 0.494 e. The molecular weight excluding hydrogens is 457 g/mol. The molecule has 1 aliphatic rings. The SMILES string of the molecule is COc1c(Cl)cc(C(=O)N2CCN(S(=O)(=O)c3cccc([N+](=O)[O-])c3)CC2)cc1Cl. The van der Waals surface area contributed by atoms with E-state index in [0.29, 0.717) is 0 Å². The van der Waals surface area contributed by atoms with Crippen molar-refractivity contribution in [2.24, 2.45) is 0 Å². The number of rotatable bonds is 5. The van der Waals surface area contributed by atoms with Crippen molar-refractivity contribution in [2.45, 2.75) is 4.90 Å². The second-order valence-corrected chi connectivity index (χ2v) is 9.18. The molecule has 0 aromatic heterocycles. The van der Waals surface area contributed by atoms with E-state index in [1.165, 1.54) is 46.6 Å². The highest BCUT2D eigenvalue weighted by atomic mass is 35.5. The van der Waals surface area contributed by atoms with E-state index in [2.05, 4.69) is 0 Å². The van der Waals surface area contributed by atoms with E-state index in [0.717, 1.165) is 6.07 Å². The third-order valence-electron chi connectivity index (χ3n) is 4.64. The number of hydrogen-bond donors (Lipinski definition) is 0. The third-order valence-corrected chi connectivity index (χ3v) is 7.10. The summed E-state index contributed by atoms with van der Waals surface area (Å²) < 4.78 is 31.9. The lowest BCUT2D eigenvalue weighted by molar-refractivity contribution is -0.385. The second kappa shape index (κ2) is 8.76. The van der Waals surface area contributed by atoms with Crippen LogP contribution < -0.4 is 4.74 Å². The monoisotopic (exact) mass is 473 g/mol. The first kappa shape index (κ1) is 22.3. The second-order valence-electron chi connectivity index (χ2n) is 6.42. The highest BCUT2D eigenvalue weighted by molar-refractivity contribution is 7.89. The number of hydrogen-bond acceptors (Lipinski definition) is 6. The molecule has 0 aliphatic carbocycles. The average molecular weight is 474 g/mol. The molecule has 2 aromatic carbocycles. The summed E-state index contributed by atoms with van der Waals surface area (Å²) >= 11 is 12.2. The van der Waals surface area contributed by atoms with Gasteiger partial charge in [0.05, 0.1) is 27.0 Å². The van der Waals surface area contributed by atoms with Gasteiger partial charge in [0.1, 0.15) is 0 Å². The molecule has 0 bridgehead atoms. The van der Waals surface area contributed by atoms with Crippen LogP contribution in [-0.2, 0) is 10.0 Å². The summed E-state index contributed by atoms with van der Waals surface area (Å²) in [5, 5.41) is 11.3. The molecule has 2 aromatic rings. The van der Waals surface area contributed by atoms with Gasteiger partial charge in [-0.1, -0.05) is 29.3 Å². The first-order valence-electron chi connectivity index (χ1n) is 8.72. The fourth-order valence-corrected chi connectivity index (χ4v) is 5.20. The van der Waals surface area contributed by atoms with Crippen molar-refractivity contribution in [3.63, 3.8) is 0 Å². The Hall–Kier alpha value is -2.40. The predicted octanol–water partition coefficient (Wildman–Crippen LogP) is 3.06. The topological polar surface area (TPSA) is 110 Å². The van der Waals surface area contributed by atoms with Crippen LogP contribution in [-0.4, -0.2) is 61.7 Å². The Morgan fingerprint density at radius 1 is 1.10 bits per heavy atom. The van der Waals surface area contributed by atoms with Crippen molar-refractivity contribution in [2.75, 3.05) is 33.3 Å². The van der Waals surface area contributed by atoms with Crippen molar-refractivity contribution in [3.8, 4) is 5.75 Å². The maximum Gasteiger partial charge on any atom is 0.270 e. The first-order valence-corrected chi connectivity index (χ1v) is 10.9. The fraction of sp³-hybridized carbons (Fsp3) is 0.278. The Bertz CT molecular complexity index is 1080. The van der Waals surface area contributed by atoms with Gasteiger partial charge >= 0.3 is 0 Å². The molecule has 1 aliphatic heterocycles. The minimum atomic E-state index is -3.92. The van der Waals surface area contributed by atoms with Gasteiger partial charge in [-0.3, -0.25) is 14.9 Å². The van der Waals surface area contributed by atoms with Gasteiger partial charge in [-0.15, -0.1) is 0 Å². The number of nitro benzene ring substituents is 1. The minimum absolute atomic E-state index is 0.0500. The number of piperazine rings is 1. The van der Waals surface area contributed by atoms with Crippen LogP contribution in [0.3, 0.4) is 0 Å². The van der Waals surface area contributed by atoms with Crippen LogP contribution in [0.15, 0.2) is 41.3 Å². The van der Waals surface area contributed by atoms with Gasteiger partial charge in [0, 0.05) is 43.9 Å². The van der Waals surface area contributed by atoms with Crippen LogP contribution >= 0.6 is 23.2 Å². The summed E-state index contributed by atoms with van der Waals surface area (Å²) in [5.74, 6) is -0.0726. The fourth-order valence-electron chi connectivity index (χ4n) is 3.10. The summed E-state index contributed by atoms with van der Waals surface area (Å²) in [6.07, 6.45) is 0. The van der Waals surface area contributed by atoms with Crippen LogP contribution in [0, 0.1) is 10.1 Å². The molecule has 0 spiro atoms. The molecule has 30 heavy (non-hydrogen) atoms. The van der Waals surface area contributed by atoms with E-state index >= 15 is 0 Å². The maximum absolute atomic E-state index is 12.8. The number of carbonyl (C=O) groups is 1. The third kappa shape index (κ3) is 4.36.